The number of H-pyrrole nitrogens is 1. The highest BCUT2D eigenvalue weighted by Gasteiger charge is 2.31. The lowest BCUT2D eigenvalue weighted by molar-refractivity contribution is 0.144. The topological polar surface area (TPSA) is 69.3 Å². The zero-order chi connectivity index (χ0) is 20.9. The Hall–Kier alpha value is -1.97. The van der Waals surface area contributed by atoms with Crippen molar-refractivity contribution in [2.75, 3.05) is 26.2 Å². The summed E-state index contributed by atoms with van der Waals surface area (Å²) < 4.78 is 29.2. The Morgan fingerprint density at radius 3 is 2.67 bits per heavy atom. The number of hydrogen-bond donors (Lipinski definition) is 1. The first-order valence-electron chi connectivity index (χ1n) is 9.78. The number of aromatic amines is 1. The average molecular weight is 461 g/mol. The minimum Gasteiger partial charge on any atom is -0.357 e. The van der Waals surface area contributed by atoms with Crippen molar-refractivity contribution in [1.29, 1.82) is 0 Å². The summed E-state index contributed by atoms with van der Waals surface area (Å²) in [6, 6.07) is 11.5. The quantitative estimate of drug-likeness (QED) is 0.487. The Kier molecular flexibility index (Phi) is 5.07. The molecule has 0 aliphatic carbocycles. The number of hydrogen-bond acceptors (Lipinski definition) is 5. The van der Waals surface area contributed by atoms with Gasteiger partial charge in [0.1, 0.15) is 4.21 Å². The molecule has 1 atom stereocenters. The number of fused-ring (bicyclic) bond motifs is 2. The van der Waals surface area contributed by atoms with Gasteiger partial charge in [-0.3, -0.25) is 9.88 Å². The Bertz CT molecular complexity index is 1290. The highest BCUT2D eigenvalue weighted by molar-refractivity contribution is 7.91. The van der Waals surface area contributed by atoms with E-state index in [1.165, 1.54) is 11.3 Å². The summed E-state index contributed by atoms with van der Waals surface area (Å²) in [4.78, 5) is 9.94. The van der Waals surface area contributed by atoms with Gasteiger partial charge in [0.15, 0.2) is 0 Å². The molecule has 0 amide bonds. The van der Waals surface area contributed by atoms with E-state index in [0.29, 0.717) is 35.4 Å². The van der Waals surface area contributed by atoms with Crippen LogP contribution in [0.3, 0.4) is 0 Å². The van der Waals surface area contributed by atoms with Gasteiger partial charge in [-0.05, 0) is 42.6 Å². The maximum absolute atomic E-state index is 13.2. The largest absolute Gasteiger partial charge is 0.357 e. The van der Waals surface area contributed by atoms with Gasteiger partial charge in [0.25, 0.3) is 10.0 Å². The van der Waals surface area contributed by atoms with Gasteiger partial charge in [0, 0.05) is 70.9 Å². The fourth-order valence-electron chi connectivity index (χ4n) is 3.98. The normalized spacial score (nSPS) is 17.7. The Morgan fingerprint density at radius 2 is 1.90 bits per heavy atom. The number of sulfonamides is 1. The number of piperazine rings is 1. The summed E-state index contributed by atoms with van der Waals surface area (Å²) in [6.07, 6.45) is 3.63. The molecule has 1 aromatic carbocycles. The lowest BCUT2D eigenvalue weighted by atomic mass is 10.2. The molecule has 1 N–H and O–H groups in total. The molecule has 9 heteroatoms. The molecule has 6 nitrogen and oxygen atoms in total. The van der Waals surface area contributed by atoms with Gasteiger partial charge < -0.3 is 4.98 Å². The lowest BCUT2D eigenvalue weighted by Crippen LogP contribution is -2.49. The van der Waals surface area contributed by atoms with Crippen LogP contribution in [0.2, 0.25) is 5.02 Å². The molecule has 0 spiro atoms. The zero-order valence-corrected chi connectivity index (χ0v) is 18.8. The van der Waals surface area contributed by atoms with Crippen LogP contribution < -0.4 is 0 Å². The second kappa shape index (κ2) is 7.62. The van der Waals surface area contributed by atoms with Crippen molar-refractivity contribution in [3.05, 3.63) is 59.5 Å². The number of pyridine rings is 1. The van der Waals surface area contributed by atoms with Gasteiger partial charge in [0.2, 0.25) is 0 Å². The van der Waals surface area contributed by atoms with E-state index in [1.54, 1.807) is 22.6 Å². The van der Waals surface area contributed by atoms with Crippen molar-refractivity contribution in [3.63, 3.8) is 0 Å². The predicted octanol–water partition coefficient (Wildman–Crippen LogP) is 4.50. The molecule has 3 aromatic heterocycles. The molecule has 1 saturated heterocycles. The Morgan fingerprint density at radius 1 is 1.10 bits per heavy atom. The van der Waals surface area contributed by atoms with E-state index in [-0.39, 0.29) is 6.04 Å². The number of benzene rings is 1. The van der Waals surface area contributed by atoms with Crippen LogP contribution in [0.25, 0.3) is 21.0 Å². The maximum atomic E-state index is 13.2. The molecule has 156 valence electrons. The fourth-order valence-corrected chi connectivity index (χ4v) is 7.23. The molecule has 30 heavy (non-hydrogen) atoms. The third-order valence-electron chi connectivity index (χ3n) is 5.77. The molecule has 1 fully saturated rings. The second-order valence-corrected chi connectivity index (χ2v) is 11.2. The van der Waals surface area contributed by atoms with Gasteiger partial charge in [-0.25, -0.2) is 8.42 Å². The second-order valence-electron chi connectivity index (χ2n) is 7.55. The van der Waals surface area contributed by atoms with Crippen LogP contribution in [0.15, 0.2) is 53.0 Å². The van der Waals surface area contributed by atoms with Gasteiger partial charge in [-0.15, -0.1) is 11.3 Å². The zero-order valence-electron chi connectivity index (χ0n) is 16.4. The van der Waals surface area contributed by atoms with E-state index in [2.05, 4.69) is 27.9 Å². The molecule has 1 aliphatic rings. The van der Waals surface area contributed by atoms with Crippen LogP contribution >= 0.6 is 22.9 Å². The highest BCUT2D eigenvalue weighted by atomic mass is 35.5. The van der Waals surface area contributed by atoms with Crippen molar-refractivity contribution in [2.24, 2.45) is 0 Å². The summed E-state index contributed by atoms with van der Waals surface area (Å²) >= 11 is 7.33. The Balaban J connectivity index is 1.31. The molecule has 1 aliphatic heterocycles. The van der Waals surface area contributed by atoms with E-state index >= 15 is 0 Å². The van der Waals surface area contributed by atoms with Crippen molar-refractivity contribution in [3.8, 4) is 0 Å². The van der Waals surface area contributed by atoms with Crippen LogP contribution in [0.1, 0.15) is 18.7 Å². The average Bonchev–Trinajstić information content (AvgIpc) is 3.37. The van der Waals surface area contributed by atoms with Gasteiger partial charge in [-0.2, -0.15) is 4.31 Å². The molecule has 4 aromatic rings. The first-order chi connectivity index (χ1) is 14.4. The van der Waals surface area contributed by atoms with Crippen LogP contribution in [0.4, 0.5) is 0 Å². The summed E-state index contributed by atoms with van der Waals surface area (Å²) in [5.41, 5.74) is 2.19. The molecule has 4 heterocycles. The summed E-state index contributed by atoms with van der Waals surface area (Å²) in [7, 11) is -3.50. The lowest BCUT2D eigenvalue weighted by Gasteiger charge is -2.36. The Labute approximate surface area is 184 Å². The van der Waals surface area contributed by atoms with Crippen LogP contribution in [-0.2, 0) is 10.0 Å². The summed E-state index contributed by atoms with van der Waals surface area (Å²) in [5, 5.41) is 2.61. The SMILES string of the molecule is CC(c1cc2cnccc2[nH]1)N1CCN(S(=O)(=O)c2cc3ccc(Cl)cc3s2)CC1. The monoisotopic (exact) mass is 460 g/mol. The summed E-state index contributed by atoms with van der Waals surface area (Å²) in [6.45, 7) is 4.47. The van der Waals surface area contributed by atoms with E-state index in [1.807, 2.05) is 24.4 Å². The molecular formula is C21H21ClN4O2S2. The number of nitrogens with one attached hydrogen (secondary N) is 1. The van der Waals surface area contributed by atoms with Crippen LogP contribution in [0.5, 0.6) is 0 Å². The number of halogens is 1. The standard InChI is InChI=1S/C21H21ClN4O2S2/c1-14(19-10-16-13-23-5-4-18(16)24-19)25-6-8-26(9-7-25)30(27,28)21-11-15-2-3-17(22)12-20(15)29-21/h2-5,10-14,24H,6-9H2,1H3. The van der Waals surface area contributed by atoms with E-state index in [4.69, 9.17) is 11.6 Å². The number of nitrogens with zero attached hydrogens (tertiary/aromatic N) is 3. The predicted molar refractivity (Wildman–Crippen MR) is 122 cm³/mol. The van der Waals surface area contributed by atoms with Crippen molar-refractivity contribution in [1.82, 2.24) is 19.2 Å². The van der Waals surface area contributed by atoms with Crippen LogP contribution in [-0.4, -0.2) is 53.8 Å². The molecule has 5 rings (SSSR count). The van der Waals surface area contributed by atoms with Gasteiger partial charge in [-0.1, -0.05) is 17.7 Å². The minimum atomic E-state index is -3.50. The maximum Gasteiger partial charge on any atom is 0.252 e. The van der Waals surface area contributed by atoms with Crippen molar-refractivity contribution < 1.29 is 8.42 Å². The highest BCUT2D eigenvalue weighted by Crippen LogP contribution is 2.33. The van der Waals surface area contributed by atoms with E-state index in [9.17, 15) is 8.42 Å². The van der Waals surface area contributed by atoms with Gasteiger partial charge >= 0.3 is 0 Å². The smallest absolute Gasteiger partial charge is 0.252 e. The first kappa shape index (κ1) is 20.0. The van der Waals surface area contributed by atoms with Crippen LogP contribution in [0, 0.1) is 0 Å². The minimum absolute atomic E-state index is 0.175. The third-order valence-corrected chi connectivity index (χ3v) is 9.45. The number of aromatic nitrogens is 2. The van der Waals surface area contributed by atoms with Crippen molar-refractivity contribution in [2.45, 2.75) is 17.2 Å². The van der Waals surface area contributed by atoms with E-state index in [0.717, 1.165) is 26.7 Å². The fraction of sp³-hybridized carbons (Fsp3) is 0.286. The van der Waals surface area contributed by atoms with Crippen molar-refractivity contribution >= 4 is 54.0 Å². The molecular weight excluding hydrogens is 440 g/mol. The number of thiophene rings is 1. The third kappa shape index (κ3) is 3.52. The molecule has 0 radical (unpaired) electrons. The molecule has 0 saturated carbocycles. The van der Waals surface area contributed by atoms with Gasteiger partial charge in [0.05, 0.1) is 0 Å². The summed E-state index contributed by atoms with van der Waals surface area (Å²) in [5.74, 6) is 0. The number of rotatable bonds is 4. The van der Waals surface area contributed by atoms with E-state index < -0.39 is 10.0 Å². The molecule has 0 bridgehead atoms. The first-order valence-corrected chi connectivity index (χ1v) is 12.4. The molecule has 1 unspecified atom stereocenters.